The molecule has 1 heterocycles. The van der Waals surface area contributed by atoms with E-state index >= 15 is 0 Å². The van der Waals surface area contributed by atoms with Crippen molar-refractivity contribution < 1.29 is 13.2 Å². The van der Waals surface area contributed by atoms with Crippen molar-refractivity contribution in [3.8, 4) is 0 Å². The van der Waals surface area contributed by atoms with Crippen LogP contribution in [0.25, 0.3) is 0 Å². The van der Waals surface area contributed by atoms with Crippen LogP contribution in [-0.4, -0.2) is 24.2 Å². The summed E-state index contributed by atoms with van der Waals surface area (Å²) in [4.78, 5) is 2.07. The average molecular weight is 351 g/mol. The second-order valence-electron chi connectivity index (χ2n) is 5.22. The molecule has 112 valence electrons. The Kier molecular flexibility index (Phi) is 5.09. The van der Waals surface area contributed by atoms with E-state index in [9.17, 15) is 13.2 Å². The highest BCUT2D eigenvalue weighted by molar-refractivity contribution is 9.10. The Morgan fingerprint density at radius 3 is 2.40 bits per heavy atom. The minimum Gasteiger partial charge on any atom is -0.326 e. The Balaban J connectivity index is 1.93. The Morgan fingerprint density at radius 1 is 1.25 bits per heavy atom. The van der Waals surface area contributed by atoms with Crippen molar-refractivity contribution in [1.29, 1.82) is 0 Å². The van der Waals surface area contributed by atoms with Gasteiger partial charge in [-0.25, -0.2) is 0 Å². The van der Waals surface area contributed by atoms with Gasteiger partial charge in [0.15, 0.2) is 0 Å². The number of alkyl halides is 3. The fourth-order valence-electron chi connectivity index (χ4n) is 2.51. The SMILES string of the molecule is NCc1ccc(CN2CCC(C(F)(F)F)CC2)c(Br)c1. The normalized spacial score (nSPS) is 18.4. The molecule has 0 amide bonds. The summed E-state index contributed by atoms with van der Waals surface area (Å²) in [7, 11) is 0. The Hall–Kier alpha value is -0.590. The summed E-state index contributed by atoms with van der Waals surface area (Å²) in [5, 5.41) is 0. The van der Waals surface area contributed by atoms with Crippen molar-refractivity contribution in [2.24, 2.45) is 11.7 Å². The Bertz CT molecular complexity index is 454. The molecule has 1 fully saturated rings. The maximum Gasteiger partial charge on any atom is 0.391 e. The van der Waals surface area contributed by atoms with Gasteiger partial charge in [0.2, 0.25) is 0 Å². The van der Waals surface area contributed by atoms with Crippen molar-refractivity contribution in [3.63, 3.8) is 0 Å². The number of likely N-dealkylation sites (tertiary alicyclic amines) is 1. The largest absolute Gasteiger partial charge is 0.391 e. The molecule has 2 nitrogen and oxygen atoms in total. The summed E-state index contributed by atoms with van der Waals surface area (Å²) in [5.41, 5.74) is 7.70. The molecule has 1 aliphatic heterocycles. The first-order valence-electron chi connectivity index (χ1n) is 6.66. The third kappa shape index (κ3) is 3.96. The van der Waals surface area contributed by atoms with Crippen LogP contribution < -0.4 is 5.73 Å². The van der Waals surface area contributed by atoms with Gasteiger partial charge in [0, 0.05) is 17.6 Å². The van der Waals surface area contributed by atoms with E-state index in [0.29, 0.717) is 26.2 Å². The first-order chi connectivity index (χ1) is 9.40. The molecule has 1 saturated heterocycles. The monoisotopic (exact) mass is 350 g/mol. The minimum atomic E-state index is -4.05. The molecular weight excluding hydrogens is 333 g/mol. The lowest BCUT2D eigenvalue weighted by Crippen LogP contribution is -2.38. The Labute approximate surface area is 125 Å². The predicted octanol–water partition coefficient (Wildman–Crippen LogP) is 3.68. The molecule has 2 rings (SSSR count). The third-order valence-electron chi connectivity index (χ3n) is 3.80. The first-order valence-corrected chi connectivity index (χ1v) is 7.46. The topological polar surface area (TPSA) is 29.3 Å². The average Bonchev–Trinajstić information content (AvgIpc) is 2.40. The molecular formula is C14H18BrF3N2. The molecule has 2 N–H and O–H groups in total. The van der Waals surface area contributed by atoms with E-state index in [1.807, 2.05) is 18.2 Å². The second-order valence-corrected chi connectivity index (χ2v) is 6.08. The lowest BCUT2D eigenvalue weighted by Gasteiger charge is -2.33. The van der Waals surface area contributed by atoms with Crippen LogP contribution in [0.2, 0.25) is 0 Å². The highest BCUT2D eigenvalue weighted by Crippen LogP contribution is 2.34. The van der Waals surface area contributed by atoms with Crippen LogP contribution in [-0.2, 0) is 13.1 Å². The van der Waals surface area contributed by atoms with Gasteiger partial charge >= 0.3 is 6.18 Å². The zero-order valence-electron chi connectivity index (χ0n) is 11.1. The van der Waals surface area contributed by atoms with E-state index in [1.54, 1.807) is 0 Å². The molecule has 0 radical (unpaired) electrons. The molecule has 0 aromatic heterocycles. The summed E-state index contributed by atoms with van der Waals surface area (Å²) >= 11 is 3.50. The molecule has 20 heavy (non-hydrogen) atoms. The summed E-state index contributed by atoms with van der Waals surface area (Å²) in [6.07, 6.45) is -3.65. The van der Waals surface area contributed by atoms with Gasteiger partial charge in [-0.3, -0.25) is 4.90 Å². The number of piperidine rings is 1. The third-order valence-corrected chi connectivity index (χ3v) is 4.54. The second kappa shape index (κ2) is 6.45. The molecule has 0 spiro atoms. The van der Waals surface area contributed by atoms with Crippen LogP contribution in [0.1, 0.15) is 24.0 Å². The van der Waals surface area contributed by atoms with Crippen molar-refractivity contribution in [1.82, 2.24) is 4.90 Å². The van der Waals surface area contributed by atoms with E-state index in [0.717, 1.165) is 15.6 Å². The van der Waals surface area contributed by atoms with Gasteiger partial charge in [0.25, 0.3) is 0 Å². The maximum absolute atomic E-state index is 12.6. The van der Waals surface area contributed by atoms with Crippen LogP contribution in [0.15, 0.2) is 22.7 Å². The molecule has 0 unspecified atom stereocenters. The summed E-state index contributed by atoms with van der Waals surface area (Å²) in [5.74, 6) is -1.14. The number of nitrogens with two attached hydrogens (primary N) is 1. The molecule has 0 saturated carbocycles. The quantitative estimate of drug-likeness (QED) is 0.900. The Morgan fingerprint density at radius 2 is 1.90 bits per heavy atom. The van der Waals surface area contributed by atoms with Gasteiger partial charge in [-0.1, -0.05) is 28.1 Å². The standard InChI is InChI=1S/C14H18BrF3N2/c15-13-7-10(8-19)1-2-11(13)9-20-5-3-12(4-6-20)14(16,17)18/h1-2,7,12H,3-6,8-9,19H2. The molecule has 0 atom stereocenters. The van der Waals surface area contributed by atoms with E-state index in [-0.39, 0.29) is 12.8 Å². The molecule has 1 aliphatic rings. The molecule has 1 aromatic rings. The summed E-state index contributed by atoms with van der Waals surface area (Å²) in [6, 6.07) is 5.92. The molecule has 0 aliphatic carbocycles. The van der Waals surface area contributed by atoms with Gasteiger partial charge in [0.05, 0.1) is 5.92 Å². The minimum absolute atomic E-state index is 0.196. The van der Waals surface area contributed by atoms with Gasteiger partial charge in [-0.15, -0.1) is 0 Å². The molecule has 0 bridgehead atoms. The van der Waals surface area contributed by atoms with Gasteiger partial charge < -0.3 is 5.73 Å². The van der Waals surface area contributed by atoms with Crippen LogP contribution in [0, 0.1) is 5.92 Å². The van der Waals surface area contributed by atoms with E-state index in [2.05, 4.69) is 20.8 Å². The number of benzene rings is 1. The van der Waals surface area contributed by atoms with Crippen LogP contribution >= 0.6 is 15.9 Å². The zero-order valence-corrected chi connectivity index (χ0v) is 12.7. The number of halogens is 4. The van der Waals surface area contributed by atoms with Crippen LogP contribution in [0.5, 0.6) is 0 Å². The van der Waals surface area contributed by atoms with Crippen molar-refractivity contribution in [3.05, 3.63) is 33.8 Å². The number of hydrogen-bond donors (Lipinski definition) is 1. The van der Waals surface area contributed by atoms with Crippen molar-refractivity contribution in [2.45, 2.75) is 32.1 Å². The summed E-state index contributed by atoms with van der Waals surface area (Å²) < 4.78 is 38.8. The van der Waals surface area contributed by atoms with E-state index in [4.69, 9.17) is 5.73 Å². The zero-order chi connectivity index (χ0) is 14.8. The first kappa shape index (κ1) is 15.8. The lowest BCUT2D eigenvalue weighted by molar-refractivity contribution is -0.185. The predicted molar refractivity (Wildman–Crippen MR) is 76.1 cm³/mol. The smallest absolute Gasteiger partial charge is 0.326 e. The highest BCUT2D eigenvalue weighted by atomic mass is 79.9. The fourth-order valence-corrected chi connectivity index (χ4v) is 3.06. The van der Waals surface area contributed by atoms with E-state index in [1.165, 1.54) is 0 Å². The lowest BCUT2D eigenvalue weighted by atomic mass is 9.96. The van der Waals surface area contributed by atoms with Gasteiger partial charge in [0.1, 0.15) is 0 Å². The number of hydrogen-bond acceptors (Lipinski definition) is 2. The molecule has 6 heteroatoms. The highest BCUT2D eigenvalue weighted by Gasteiger charge is 2.40. The van der Waals surface area contributed by atoms with Crippen LogP contribution in [0.4, 0.5) is 13.2 Å². The number of nitrogens with zero attached hydrogens (tertiary/aromatic N) is 1. The summed E-state index contributed by atoms with van der Waals surface area (Å²) in [6.45, 7) is 2.15. The maximum atomic E-state index is 12.6. The van der Waals surface area contributed by atoms with Crippen molar-refractivity contribution >= 4 is 15.9 Å². The fraction of sp³-hybridized carbons (Fsp3) is 0.571. The molecule has 1 aromatic carbocycles. The van der Waals surface area contributed by atoms with Gasteiger partial charge in [-0.05, 0) is 43.1 Å². The van der Waals surface area contributed by atoms with Crippen LogP contribution in [0.3, 0.4) is 0 Å². The van der Waals surface area contributed by atoms with Gasteiger partial charge in [-0.2, -0.15) is 13.2 Å². The number of rotatable bonds is 3. The van der Waals surface area contributed by atoms with Crippen molar-refractivity contribution in [2.75, 3.05) is 13.1 Å². The van der Waals surface area contributed by atoms with E-state index < -0.39 is 12.1 Å².